The molecule has 1 aromatic heterocycles. The molecule has 1 heterocycles. The lowest BCUT2D eigenvalue weighted by Gasteiger charge is -2.11. The first-order valence-electron chi connectivity index (χ1n) is 6.70. The van der Waals surface area contributed by atoms with Gasteiger partial charge in [-0.3, -0.25) is 0 Å². The van der Waals surface area contributed by atoms with Gasteiger partial charge in [-0.25, -0.2) is 9.78 Å². The molecule has 0 saturated carbocycles. The maximum atomic E-state index is 11.2. The van der Waals surface area contributed by atoms with Crippen molar-refractivity contribution in [2.75, 3.05) is 18.5 Å². The summed E-state index contributed by atoms with van der Waals surface area (Å²) in [7, 11) is 0. The number of pyridine rings is 1. The first-order chi connectivity index (χ1) is 10.1. The van der Waals surface area contributed by atoms with E-state index in [-0.39, 0.29) is 5.56 Å². The Morgan fingerprint density at radius 1 is 1.33 bits per heavy atom. The van der Waals surface area contributed by atoms with Gasteiger partial charge in [0.1, 0.15) is 23.7 Å². The summed E-state index contributed by atoms with van der Waals surface area (Å²) in [5, 5.41) is 12.2. The minimum absolute atomic E-state index is 0.202. The molecule has 21 heavy (non-hydrogen) atoms. The largest absolute Gasteiger partial charge is 0.492 e. The number of aryl methyl sites for hydroxylation is 2. The number of anilines is 1. The van der Waals surface area contributed by atoms with Gasteiger partial charge in [0, 0.05) is 6.20 Å². The Kier molecular flexibility index (Phi) is 4.77. The van der Waals surface area contributed by atoms with Crippen LogP contribution >= 0.6 is 0 Å². The number of hydrogen-bond donors (Lipinski definition) is 2. The topological polar surface area (TPSA) is 71.5 Å². The fourth-order valence-corrected chi connectivity index (χ4v) is 2.01. The molecule has 1 aromatic carbocycles. The molecule has 0 amide bonds. The van der Waals surface area contributed by atoms with Crippen molar-refractivity contribution in [1.82, 2.24) is 4.98 Å². The highest BCUT2D eigenvalue weighted by atomic mass is 16.5. The molecule has 0 aliphatic carbocycles. The van der Waals surface area contributed by atoms with Crippen LogP contribution in [0.1, 0.15) is 21.5 Å². The molecule has 0 saturated heterocycles. The van der Waals surface area contributed by atoms with Crippen molar-refractivity contribution in [3.63, 3.8) is 0 Å². The predicted molar refractivity (Wildman–Crippen MR) is 81.1 cm³/mol. The Balaban J connectivity index is 1.92. The van der Waals surface area contributed by atoms with Gasteiger partial charge in [0.15, 0.2) is 0 Å². The minimum Gasteiger partial charge on any atom is -0.492 e. The van der Waals surface area contributed by atoms with E-state index >= 15 is 0 Å². The van der Waals surface area contributed by atoms with Crippen molar-refractivity contribution in [2.24, 2.45) is 0 Å². The van der Waals surface area contributed by atoms with Crippen LogP contribution in [-0.2, 0) is 0 Å². The van der Waals surface area contributed by atoms with Gasteiger partial charge in [-0.15, -0.1) is 0 Å². The number of nitrogens with one attached hydrogen (secondary N) is 1. The molecule has 5 heteroatoms. The second-order valence-corrected chi connectivity index (χ2v) is 4.75. The van der Waals surface area contributed by atoms with Gasteiger partial charge in [-0.2, -0.15) is 0 Å². The van der Waals surface area contributed by atoms with Crippen LogP contribution in [0.3, 0.4) is 0 Å². The highest BCUT2D eigenvalue weighted by Crippen LogP contribution is 2.16. The molecule has 2 N–H and O–H groups in total. The van der Waals surface area contributed by atoms with E-state index in [4.69, 9.17) is 4.74 Å². The van der Waals surface area contributed by atoms with Crippen LogP contribution in [0.2, 0.25) is 0 Å². The molecule has 0 bridgehead atoms. The van der Waals surface area contributed by atoms with E-state index < -0.39 is 5.97 Å². The van der Waals surface area contributed by atoms with Crippen molar-refractivity contribution < 1.29 is 14.6 Å². The Hall–Kier alpha value is -2.56. The van der Waals surface area contributed by atoms with Crippen molar-refractivity contribution in [3.8, 4) is 5.75 Å². The van der Waals surface area contributed by atoms with E-state index in [1.807, 2.05) is 31.2 Å². The highest BCUT2D eigenvalue weighted by molar-refractivity contribution is 5.94. The number of benzene rings is 1. The van der Waals surface area contributed by atoms with Crippen LogP contribution in [0.25, 0.3) is 0 Å². The lowest BCUT2D eigenvalue weighted by atomic mass is 10.1. The molecule has 0 aliphatic rings. The molecular weight excluding hydrogens is 268 g/mol. The van der Waals surface area contributed by atoms with E-state index in [2.05, 4.69) is 10.3 Å². The zero-order chi connectivity index (χ0) is 15.2. The molecular formula is C16H18N2O3. The van der Waals surface area contributed by atoms with E-state index in [0.29, 0.717) is 24.5 Å². The first kappa shape index (κ1) is 14.8. The van der Waals surface area contributed by atoms with Gasteiger partial charge in [0.25, 0.3) is 0 Å². The Bertz CT molecular complexity index is 641. The van der Waals surface area contributed by atoms with E-state index in [9.17, 15) is 9.90 Å². The number of aromatic carboxylic acids is 1. The first-order valence-corrected chi connectivity index (χ1v) is 6.70. The lowest BCUT2D eigenvalue weighted by Crippen LogP contribution is -2.15. The van der Waals surface area contributed by atoms with E-state index in [0.717, 1.165) is 11.3 Å². The molecule has 2 aromatic rings. The molecule has 5 nitrogen and oxygen atoms in total. The van der Waals surface area contributed by atoms with Gasteiger partial charge in [0.2, 0.25) is 0 Å². The van der Waals surface area contributed by atoms with Crippen LogP contribution in [0.15, 0.2) is 36.5 Å². The fraction of sp³-hybridized carbons (Fsp3) is 0.250. The maximum Gasteiger partial charge on any atom is 0.339 e. The number of nitrogens with zero attached hydrogens (tertiary/aromatic N) is 1. The predicted octanol–water partition coefficient (Wildman–Crippen LogP) is 2.89. The molecule has 0 unspecified atom stereocenters. The summed E-state index contributed by atoms with van der Waals surface area (Å²) in [6.45, 7) is 4.66. The third kappa shape index (κ3) is 3.95. The quantitative estimate of drug-likeness (QED) is 0.799. The Labute approximate surface area is 123 Å². The molecule has 0 aliphatic heterocycles. The molecule has 0 fully saturated rings. The standard InChI is InChI=1S/C16H18N2O3/c1-11-4-3-5-13(10-11)21-9-8-18-15-14(16(19)20)12(2)6-7-17-15/h3-7,10H,8-9H2,1-2H3,(H,17,18)(H,19,20). The zero-order valence-electron chi connectivity index (χ0n) is 12.1. The number of carboxylic acids is 1. The fourth-order valence-electron chi connectivity index (χ4n) is 2.01. The molecule has 0 spiro atoms. The molecule has 0 atom stereocenters. The number of aromatic nitrogens is 1. The number of carbonyl (C=O) groups is 1. The lowest BCUT2D eigenvalue weighted by molar-refractivity contribution is 0.0696. The van der Waals surface area contributed by atoms with Crippen LogP contribution < -0.4 is 10.1 Å². The molecule has 110 valence electrons. The second-order valence-electron chi connectivity index (χ2n) is 4.75. The zero-order valence-corrected chi connectivity index (χ0v) is 12.1. The van der Waals surface area contributed by atoms with Crippen LogP contribution in [-0.4, -0.2) is 29.2 Å². The number of rotatable bonds is 6. The van der Waals surface area contributed by atoms with Gasteiger partial charge < -0.3 is 15.2 Å². The summed E-state index contributed by atoms with van der Waals surface area (Å²) in [4.78, 5) is 15.3. The summed E-state index contributed by atoms with van der Waals surface area (Å²) >= 11 is 0. The summed E-state index contributed by atoms with van der Waals surface area (Å²) < 4.78 is 5.60. The number of hydrogen-bond acceptors (Lipinski definition) is 4. The number of carboxylic acid groups (broad SMARTS) is 1. The third-order valence-corrected chi connectivity index (χ3v) is 3.03. The van der Waals surface area contributed by atoms with Crippen molar-refractivity contribution in [3.05, 3.63) is 53.2 Å². The van der Waals surface area contributed by atoms with Gasteiger partial charge in [-0.05, 0) is 43.2 Å². The summed E-state index contributed by atoms with van der Waals surface area (Å²) in [6, 6.07) is 9.45. The smallest absolute Gasteiger partial charge is 0.339 e. The van der Waals surface area contributed by atoms with Gasteiger partial charge in [-0.1, -0.05) is 12.1 Å². The van der Waals surface area contributed by atoms with E-state index in [1.165, 1.54) is 0 Å². The SMILES string of the molecule is Cc1cccc(OCCNc2nccc(C)c2C(=O)O)c1. The Morgan fingerprint density at radius 3 is 2.86 bits per heavy atom. The Morgan fingerprint density at radius 2 is 2.14 bits per heavy atom. The average Bonchev–Trinajstić information content (AvgIpc) is 2.43. The normalized spacial score (nSPS) is 10.2. The summed E-state index contributed by atoms with van der Waals surface area (Å²) in [5.41, 5.74) is 2.02. The molecule has 2 rings (SSSR count). The maximum absolute atomic E-state index is 11.2. The number of ether oxygens (including phenoxy) is 1. The minimum atomic E-state index is -0.984. The highest BCUT2D eigenvalue weighted by Gasteiger charge is 2.13. The van der Waals surface area contributed by atoms with E-state index in [1.54, 1.807) is 19.2 Å². The second kappa shape index (κ2) is 6.74. The van der Waals surface area contributed by atoms with Crippen molar-refractivity contribution in [1.29, 1.82) is 0 Å². The third-order valence-electron chi connectivity index (χ3n) is 3.03. The van der Waals surface area contributed by atoms with Crippen molar-refractivity contribution in [2.45, 2.75) is 13.8 Å². The van der Waals surface area contributed by atoms with Gasteiger partial charge in [0.05, 0.1) is 6.54 Å². The van der Waals surface area contributed by atoms with Crippen LogP contribution in [0.5, 0.6) is 5.75 Å². The molecule has 0 radical (unpaired) electrons. The average molecular weight is 286 g/mol. The van der Waals surface area contributed by atoms with Crippen LogP contribution in [0.4, 0.5) is 5.82 Å². The summed E-state index contributed by atoms with van der Waals surface area (Å²) in [5.74, 6) is 0.186. The van der Waals surface area contributed by atoms with Crippen molar-refractivity contribution >= 4 is 11.8 Å². The van der Waals surface area contributed by atoms with Gasteiger partial charge >= 0.3 is 5.97 Å². The summed E-state index contributed by atoms with van der Waals surface area (Å²) in [6.07, 6.45) is 1.59. The van der Waals surface area contributed by atoms with Crippen LogP contribution in [0, 0.1) is 13.8 Å². The monoisotopic (exact) mass is 286 g/mol.